The second-order valence-electron chi connectivity index (χ2n) is 4.98. The van der Waals surface area contributed by atoms with E-state index in [-0.39, 0.29) is 12.5 Å². The molecule has 3 rings (SSSR count). The molecular formula is C15H13ClFN5O. The number of nitrogens with one attached hydrogen (secondary N) is 1. The maximum atomic E-state index is 13.8. The van der Waals surface area contributed by atoms with Crippen LogP contribution in [0.25, 0.3) is 0 Å². The lowest BCUT2D eigenvalue weighted by molar-refractivity contribution is 0.102. The Kier molecular flexibility index (Phi) is 4.12. The van der Waals surface area contributed by atoms with Gasteiger partial charge in [-0.05, 0) is 12.1 Å². The van der Waals surface area contributed by atoms with E-state index in [0.29, 0.717) is 21.8 Å². The fraction of sp³-hybridized carbons (Fsp3) is 0.133. The van der Waals surface area contributed by atoms with Crippen molar-refractivity contribution in [2.45, 2.75) is 6.54 Å². The number of hydrogen-bond donors (Lipinski definition) is 1. The van der Waals surface area contributed by atoms with Crippen LogP contribution in [0.2, 0.25) is 5.02 Å². The highest BCUT2D eigenvalue weighted by Gasteiger charge is 2.11. The van der Waals surface area contributed by atoms with Gasteiger partial charge >= 0.3 is 0 Å². The molecule has 0 aliphatic heterocycles. The van der Waals surface area contributed by atoms with Crippen molar-refractivity contribution in [1.82, 2.24) is 19.6 Å². The van der Waals surface area contributed by atoms with E-state index in [2.05, 4.69) is 15.5 Å². The van der Waals surface area contributed by atoms with Crippen molar-refractivity contribution in [3.8, 4) is 0 Å². The fourth-order valence-electron chi connectivity index (χ4n) is 2.10. The molecule has 8 heteroatoms. The summed E-state index contributed by atoms with van der Waals surface area (Å²) in [4.78, 5) is 12.0. The molecule has 0 atom stereocenters. The minimum Gasteiger partial charge on any atom is -0.319 e. The van der Waals surface area contributed by atoms with Crippen LogP contribution in [-0.2, 0) is 13.6 Å². The molecule has 23 heavy (non-hydrogen) atoms. The zero-order chi connectivity index (χ0) is 16.4. The molecule has 0 saturated carbocycles. The molecule has 0 bridgehead atoms. The van der Waals surface area contributed by atoms with Crippen LogP contribution in [0.4, 0.5) is 10.1 Å². The van der Waals surface area contributed by atoms with Gasteiger partial charge in [-0.2, -0.15) is 10.2 Å². The van der Waals surface area contributed by atoms with Crippen LogP contribution in [0.5, 0.6) is 0 Å². The first kappa shape index (κ1) is 15.2. The van der Waals surface area contributed by atoms with Gasteiger partial charge in [0.15, 0.2) is 0 Å². The van der Waals surface area contributed by atoms with Gasteiger partial charge in [0.2, 0.25) is 0 Å². The third-order valence-electron chi connectivity index (χ3n) is 3.24. The summed E-state index contributed by atoms with van der Waals surface area (Å²) in [6.07, 6.45) is 6.18. The van der Waals surface area contributed by atoms with Crippen molar-refractivity contribution >= 4 is 23.2 Å². The van der Waals surface area contributed by atoms with Crippen LogP contribution in [0.15, 0.2) is 43.0 Å². The summed E-state index contributed by atoms with van der Waals surface area (Å²) in [6.45, 7) is 0.175. The zero-order valence-electron chi connectivity index (χ0n) is 12.2. The molecule has 6 nitrogen and oxygen atoms in total. The maximum absolute atomic E-state index is 13.8. The van der Waals surface area contributed by atoms with E-state index in [4.69, 9.17) is 11.6 Å². The molecule has 0 spiro atoms. The minimum absolute atomic E-state index is 0.175. The molecule has 2 aromatic heterocycles. The Hall–Kier alpha value is -2.67. The highest BCUT2D eigenvalue weighted by molar-refractivity contribution is 6.31. The standard InChI is InChI=1S/C15H13ClFN5O/c1-21-7-10(5-18-21)15(23)20-11-6-19-22(8-11)9-12-13(16)3-2-4-14(12)17/h2-8H,9H2,1H3,(H,20,23). The Morgan fingerprint density at radius 1 is 1.30 bits per heavy atom. The highest BCUT2D eigenvalue weighted by atomic mass is 35.5. The Morgan fingerprint density at radius 2 is 2.13 bits per heavy atom. The van der Waals surface area contributed by atoms with Crippen LogP contribution in [0.1, 0.15) is 15.9 Å². The molecule has 0 saturated heterocycles. The predicted molar refractivity (Wildman–Crippen MR) is 83.9 cm³/mol. The van der Waals surface area contributed by atoms with Crippen molar-refractivity contribution < 1.29 is 9.18 Å². The summed E-state index contributed by atoms with van der Waals surface area (Å²) in [5, 5.41) is 11.1. The van der Waals surface area contributed by atoms with E-state index < -0.39 is 5.82 Å². The summed E-state index contributed by atoms with van der Waals surface area (Å²) in [5.41, 5.74) is 1.30. The monoisotopic (exact) mass is 333 g/mol. The number of carbonyl (C=O) groups excluding carboxylic acids is 1. The summed E-state index contributed by atoms with van der Waals surface area (Å²) in [6, 6.07) is 4.51. The lowest BCUT2D eigenvalue weighted by Gasteiger charge is -2.05. The van der Waals surface area contributed by atoms with Crippen LogP contribution in [0.3, 0.4) is 0 Å². The van der Waals surface area contributed by atoms with E-state index in [0.717, 1.165) is 0 Å². The Morgan fingerprint density at radius 3 is 2.83 bits per heavy atom. The van der Waals surface area contributed by atoms with E-state index >= 15 is 0 Å². The Labute approximate surface area is 136 Å². The Balaban J connectivity index is 1.72. The normalized spacial score (nSPS) is 10.7. The first-order chi connectivity index (χ1) is 11.0. The smallest absolute Gasteiger partial charge is 0.258 e. The van der Waals surface area contributed by atoms with Gasteiger partial charge in [-0.3, -0.25) is 14.2 Å². The first-order valence-corrected chi connectivity index (χ1v) is 7.16. The van der Waals surface area contributed by atoms with Gasteiger partial charge in [-0.15, -0.1) is 0 Å². The molecule has 1 aromatic carbocycles. The van der Waals surface area contributed by atoms with Crippen molar-refractivity contribution in [2.75, 3.05) is 5.32 Å². The number of aryl methyl sites for hydroxylation is 1. The van der Waals surface area contributed by atoms with Crippen molar-refractivity contribution in [1.29, 1.82) is 0 Å². The molecule has 1 N–H and O–H groups in total. The number of benzene rings is 1. The zero-order valence-corrected chi connectivity index (χ0v) is 13.0. The lowest BCUT2D eigenvalue weighted by Crippen LogP contribution is -2.10. The molecule has 2 heterocycles. The second-order valence-corrected chi connectivity index (χ2v) is 5.39. The molecular weight excluding hydrogens is 321 g/mol. The van der Waals surface area contributed by atoms with Gasteiger partial charge in [-0.1, -0.05) is 17.7 Å². The molecule has 0 aliphatic carbocycles. The minimum atomic E-state index is -0.394. The Bertz CT molecular complexity index is 837. The first-order valence-electron chi connectivity index (χ1n) is 6.78. The van der Waals surface area contributed by atoms with Gasteiger partial charge in [0.25, 0.3) is 5.91 Å². The van der Waals surface area contributed by atoms with Crippen LogP contribution in [0, 0.1) is 5.82 Å². The predicted octanol–water partition coefficient (Wildman–Crippen LogP) is 2.71. The largest absolute Gasteiger partial charge is 0.319 e. The summed E-state index contributed by atoms with van der Waals surface area (Å²) in [5.74, 6) is -0.685. The highest BCUT2D eigenvalue weighted by Crippen LogP contribution is 2.20. The number of nitrogens with zero attached hydrogens (tertiary/aromatic N) is 4. The molecule has 0 fully saturated rings. The number of aromatic nitrogens is 4. The van der Waals surface area contributed by atoms with Crippen molar-refractivity contribution in [3.05, 3.63) is 65.0 Å². The number of halogens is 2. The molecule has 0 aliphatic rings. The average molecular weight is 334 g/mol. The lowest BCUT2D eigenvalue weighted by atomic mass is 10.2. The number of hydrogen-bond acceptors (Lipinski definition) is 3. The van der Waals surface area contributed by atoms with Gasteiger partial charge in [-0.25, -0.2) is 4.39 Å². The molecule has 0 unspecified atom stereocenters. The summed E-state index contributed by atoms with van der Waals surface area (Å²) in [7, 11) is 1.73. The van der Waals surface area contributed by atoms with Crippen LogP contribution < -0.4 is 5.32 Å². The van der Waals surface area contributed by atoms with Gasteiger partial charge in [0.1, 0.15) is 5.82 Å². The number of carbonyl (C=O) groups is 1. The third-order valence-corrected chi connectivity index (χ3v) is 3.59. The topological polar surface area (TPSA) is 64.7 Å². The third kappa shape index (κ3) is 3.40. The van der Waals surface area contributed by atoms with E-state index in [9.17, 15) is 9.18 Å². The van der Waals surface area contributed by atoms with Gasteiger partial charge in [0, 0.05) is 30.0 Å². The quantitative estimate of drug-likeness (QED) is 0.798. The number of anilines is 1. The molecule has 118 valence electrons. The number of amides is 1. The summed E-state index contributed by atoms with van der Waals surface area (Å²) < 4.78 is 16.8. The maximum Gasteiger partial charge on any atom is 0.258 e. The molecule has 1 amide bonds. The summed E-state index contributed by atoms with van der Waals surface area (Å²) >= 11 is 5.99. The second kappa shape index (κ2) is 6.21. The molecule has 0 radical (unpaired) electrons. The SMILES string of the molecule is Cn1cc(C(=O)Nc2cnn(Cc3c(F)cccc3Cl)c2)cn1. The van der Waals surface area contributed by atoms with Crippen molar-refractivity contribution in [3.63, 3.8) is 0 Å². The van der Waals surface area contributed by atoms with Crippen LogP contribution in [-0.4, -0.2) is 25.5 Å². The number of rotatable bonds is 4. The fourth-order valence-corrected chi connectivity index (χ4v) is 2.32. The van der Waals surface area contributed by atoms with Gasteiger partial charge < -0.3 is 5.32 Å². The van der Waals surface area contributed by atoms with E-state index in [1.54, 1.807) is 36.3 Å². The van der Waals surface area contributed by atoms with E-state index in [1.807, 2.05) is 0 Å². The average Bonchev–Trinajstić information content (AvgIpc) is 3.12. The van der Waals surface area contributed by atoms with Crippen molar-refractivity contribution in [2.24, 2.45) is 7.05 Å². The molecule has 3 aromatic rings. The van der Waals surface area contributed by atoms with Crippen LogP contribution >= 0.6 is 11.6 Å². The van der Waals surface area contributed by atoms with Gasteiger partial charge in [0.05, 0.1) is 30.2 Å². The van der Waals surface area contributed by atoms with E-state index in [1.165, 1.54) is 23.1 Å².